The fraction of sp³-hybridized carbons (Fsp3) is 0.538. The van der Waals surface area contributed by atoms with Crippen LogP contribution in [0.1, 0.15) is 57.4 Å². The Labute approximate surface area is 177 Å². The standard InChI is InChI=1S/C26H39NO2/c1-4-7-20-29-24(6-3)17-16-22(5-2)26(28)25(23-14-10-8-11-15-23)21-27-18-12-9-13-19-27/h5-6,8,10-11,14-17,24-26,28H,3-4,7,9,12-13,18-21H2,1-2H3/b17-16-,22-5+/t24-,25?,26?/m1/s1. The number of likely N-dealkylation sites (tertiary alicyclic amines) is 1. The fourth-order valence-corrected chi connectivity index (χ4v) is 3.88. The topological polar surface area (TPSA) is 32.7 Å². The predicted octanol–water partition coefficient (Wildman–Crippen LogP) is 5.49. The fourth-order valence-electron chi connectivity index (χ4n) is 3.88. The number of piperidine rings is 1. The maximum atomic E-state index is 11.3. The molecule has 29 heavy (non-hydrogen) atoms. The first-order valence-electron chi connectivity index (χ1n) is 11.2. The van der Waals surface area contributed by atoms with Crippen molar-refractivity contribution in [1.82, 2.24) is 4.90 Å². The van der Waals surface area contributed by atoms with Crippen molar-refractivity contribution in [3.63, 3.8) is 0 Å². The third-order valence-electron chi connectivity index (χ3n) is 5.71. The van der Waals surface area contributed by atoms with Crippen molar-refractivity contribution < 1.29 is 9.84 Å². The third-order valence-corrected chi connectivity index (χ3v) is 5.71. The molecule has 0 aliphatic carbocycles. The highest BCUT2D eigenvalue weighted by Gasteiger charge is 2.26. The average molecular weight is 398 g/mol. The van der Waals surface area contributed by atoms with Gasteiger partial charge in [-0.15, -0.1) is 6.58 Å². The number of unbranched alkanes of at least 4 members (excludes halogenated alkanes) is 1. The third kappa shape index (κ3) is 7.93. The van der Waals surface area contributed by atoms with E-state index in [1.807, 2.05) is 37.3 Å². The summed E-state index contributed by atoms with van der Waals surface area (Å²) >= 11 is 0. The lowest BCUT2D eigenvalue weighted by Crippen LogP contribution is -2.37. The molecule has 2 rings (SSSR count). The summed E-state index contributed by atoms with van der Waals surface area (Å²) in [6.45, 7) is 11.9. The van der Waals surface area contributed by atoms with E-state index in [1.54, 1.807) is 0 Å². The second-order valence-corrected chi connectivity index (χ2v) is 7.90. The van der Waals surface area contributed by atoms with Gasteiger partial charge in [0.05, 0.1) is 12.2 Å². The molecule has 0 spiro atoms. The predicted molar refractivity (Wildman–Crippen MR) is 123 cm³/mol. The number of nitrogens with zero attached hydrogens (tertiary/aromatic N) is 1. The first-order valence-corrected chi connectivity index (χ1v) is 11.2. The highest BCUT2D eigenvalue weighted by molar-refractivity contribution is 5.31. The van der Waals surface area contributed by atoms with Gasteiger partial charge in [-0.25, -0.2) is 0 Å². The molecule has 0 bridgehead atoms. The van der Waals surface area contributed by atoms with Crippen LogP contribution in [0, 0.1) is 0 Å². The van der Waals surface area contributed by atoms with E-state index in [9.17, 15) is 5.11 Å². The summed E-state index contributed by atoms with van der Waals surface area (Å²) in [6.07, 6.45) is 13.1. The number of benzene rings is 1. The SMILES string of the molecule is C=C[C@H](/C=C\C(=C/C)C(O)C(CN1CCCCC1)c1ccccc1)OCCCC. The van der Waals surface area contributed by atoms with Crippen LogP contribution in [0.3, 0.4) is 0 Å². The quantitative estimate of drug-likeness (QED) is 0.287. The normalized spacial score (nSPS) is 19.2. The molecule has 0 radical (unpaired) electrons. The van der Waals surface area contributed by atoms with Crippen LogP contribution in [0.4, 0.5) is 0 Å². The number of hydrogen-bond donors (Lipinski definition) is 1. The lowest BCUT2D eigenvalue weighted by molar-refractivity contribution is 0.112. The smallest absolute Gasteiger partial charge is 0.0938 e. The zero-order chi connectivity index (χ0) is 20.9. The lowest BCUT2D eigenvalue weighted by atomic mass is 9.87. The van der Waals surface area contributed by atoms with Crippen molar-refractivity contribution in [2.75, 3.05) is 26.2 Å². The highest BCUT2D eigenvalue weighted by Crippen LogP contribution is 2.27. The van der Waals surface area contributed by atoms with E-state index in [1.165, 1.54) is 24.8 Å². The van der Waals surface area contributed by atoms with Crippen molar-refractivity contribution in [3.8, 4) is 0 Å². The van der Waals surface area contributed by atoms with Crippen LogP contribution in [0.25, 0.3) is 0 Å². The number of allylic oxidation sites excluding steroid dienone is 1. The van der Waals surface area contributed by atoms with Crippen LogP contribution < -0.4 is 0 Å². The van der Waals surface area contributed by atoms with Crippen LogP contribution in [-0.2, 0) is 4.74 Å². The highest BCUT2D eigenvalue weighted by atomic mass is 16.5. The van der Waals surface area contributed by atoms with Crippen LogP contribution in [0.15, 0.2) is 66.8 Å². The number of rotatable bonds is 12. The molecule has 0 saturated carbocycles. The minimum absolute atomic E-state index is 0.0494. The van der Waals surface area contributed by atoms with E-state index in [0.717, 1.165) is 44.7 Å². The largest absolute Gasteiger partial charge is 0.388 e. The minimum atomic E-state index is -0.554. The molecular formula is C26H39NO2. The number of aliphatic hydroxyl groups excluding tert-OH is 1. The van der Waals surface area contributed by atoms with Gasteiger partial charge in [0, 0.05) is 19.1 Å². The van der Waals surface area contributed by atoms with Crippen LogP contribution in [0.2, 0.25) is 0 Å². The Bertz CT molecular complexity index is 631. The molecule has 160 valence electrons. The molecule has 1 aromatic rings. The van der Waals surface area contributed by atoms with Gasteiger partial charge in [-0.05, 0) is 50.4 Å². The molecule has 1 aliphatic rings. The van der Waals surface area contributed by atoms with Crippen LogP contribution >= 0.6 is 0 Å². The van der Waals surface area contributed by atoms with E-state index in [2.05, 4.69) is 42.7 Å². The maximum absolute atomic E-state index is 11.3. The van der Waals surface area contributed by atoms with Crippen molar-refractivity contribution >= 4 is 0 Å². The monoisotopic (exact) mass is 397 g/mol. The Balaban J connectivity index is 2.12. The molecule has 0 amide bonds. The molecule has 3 heteroatoms. The summed E-state index contributed by atoms with van der Waals surface area (Å²) in [7, 11) is 0. The number of ether oxygens (including phenoxy) is 1. The molecule has 1 aromatic carbocycles. The van der Waals surface area contributed by atoms with Crippen LogP contribution in [-0.4, -0.2) is 48.5 Å². The van der Waals surface area contributed by atoms with E-state index in [0.29, 0.717) is 0 Å². The zero-order valence-corrected chi connectivity index (χ0v) is 18.3. The summed E-state index contributed by atoms with van der Waals surface area (Å²) in [4.78, 5) is 2.50. The van der Waals surface area contributed by atoms with Gasteiger partial charge in [-0.1, -0.05) is 74.4 Å². The number of aliphatic hydroxyl groups is 1. The summed E-state index contributed by atoms with van der Waals surface area (Å²) < 4.78 is 5.85. The second kappa shape index (κ2) is 13.5. The van der Waals surface area contributed by atoms with E-state index in [-0.39, 0.29) is 12.0 Å². The van der Waals surface area contributed by atoms with Gasteiger partial charge in [0.2, 0.25) is 0 Å². The molecule has 1 aliphatic heterocycles. The first kappa shape index (κ1) is 23.6. The zero-order valence-electron chi connectivity index (χ0n) is 18.3. The van der Waals surface area contributed by atoms with Crippen molar-refractivity contribution in [3.05, 3.63) is 72.4 Å². The Morgan fingerprint density at radius 3 is 2.55 bits per heavy atom. The van der Waals surface area contributed by atoms with Gasteiger partial charge in [0.1, 0.15) is 0 Å². The second-order valence-electron chi connectivity index (χ2n) is 7.90. The molecule has 1 heterocycles. The molecule has 2 unspecified atom stereocenters. The Morgan fingerprint density at radius 2 is 1.93 bits per heavy atom. The molecule has 0 aromatic heterocycles. The number of hydrogen-bond acceptors (Lipinski definition) is 3. The van der Waals surface area contributed by atoms with Crippen molar-refractivity contribution in [2.45, 2.75) is 64.1 Å². The summed E-state index contributed by atoms with van der Waals surface area (Å²) in [5, 5.41) is 11.3. The lowest BCUT2D eigenvalue weighted by Gasteiger charge is -2.33. The Hall–Kier alpha value is -1.68. The molecule has 3 atom stereocenters. The van der Waals surface area contributed by atoms with Gasteiger partial charge in [0.25, 0.3) is 0 Å². The molecule has 3 nitrogen and oxygen atoms in total. The molecule has 1 saturated heterocycles. The summed E-state index contributed by atoms with van der Waals surface area (Å²) in [5.74, 6) is 0.0494. The Morgan fingerprint density at radius 1 is 1.21 bits per heavy atom. The minimum Gasteiger partial charge on any atom is -0.388 e. The average Bonchev–Trinajstić information content (AvgIpc) is 2.77. The van der Waals surface area contributed by atoms with Crippen molar-refractivity contribution in [2.24, 2.45) is 0 Å². The van der Waals surface area contributed by atoms with Crippen molar-refractivity contribution in [1.29, 1.82) is 0 Å². The Kier molecular flexibility index (Phi) is 11.0. The van der Waals surface area contributed by atoms with E-state index >= 15 is 0 Å². The van der Waals surface area contributed by atoms with Gasteiger partial charge >= 0.3 is 0 Å². The van der Waals surface area contributed by atoms with Gasteiger partial charge in [-0.3, -0.25) is 0 Å². The molecular weight excluding hydrogens is 358 g/mol. The van der Waals surface area contributed by atoms with Crippen LogP contribution in [0.5, 0.6) is 0 Å². The first-order chi connectivity index (χ1) is 14.2. The summed E-state index contributed by atoms with van der Waals surface area (Å²) in [5.41, 5.74) is 2.12. The van der Waals surface area contributed by atoms with Gasteiger partial charge in [-0.2, -0.15) is 0 Å². The molecule has 1 fully saturated rings. The van der Waals surface area contributed by atoms with E-state index < -0.39 is 6.10 Å². The van der Waals surface area contributed by atoms with Gasteiger partial charge in [0.15, 0.2) is 0 Å². The maximum Gasteiger partial charge on any atom is 0.0938 e. The summed E-state index contributed by atoms with van der Waals surface area (Å²) in [6, 6.07) is 10.4. The molecule has 1 N–H and O–H groups in total. The van der Waals surface area contributed by atoms with Gasteiger partial charge < -0.3 is 14.7 Å². The van der Waals surface area contributed by atoms with E-state index in [4.69, 9.17) is 4.74 Å².